The molecular weight excluding hydrogens is 324 g/mol. The summed E-state index contributed by atoms with van der Waals surface area (Å²) in [6.45, 7) is 5.58. The smallest absolute Gasteiger partial charge is 0.318 e. The van der Waals surface area contributed by atoms with E-state index in [2.05, 4.69) is 6.92 Å². The Balaban J connectivity index is 1.83. The molecule has 8 atom stereocenters. The largest absolute Gasteiger partial charge is 0.455 e. The highest BCUT2D eigenvalue weighted by atomic mass is 16.6. The molecule has 3 N–H and O–H groups in total. The van der Waals surface area contributed by atoms with Gasteiger partial charge in [0.2, 0.25) is 0 Å². The molecule has 0 aromatic heterocycles. The van der Waals surface area contributed by atoms with Crippen molar-refractivity contribution in [3.63, 3.8) is 0 Å². The number of rotatable bonds is 1. The van der Waals surface area contributed by atoms with Gasteiger partial charge in [0.15, 0.2) is 0 Å². The fourth-order valence-electron chi connectivity index (χ4n) is 6.85. The summed E-state index contributed by atoms with van der Waals surface area (Å²) in [7, 11) is 0. The number of hydrogen-bond acceptors (Lipinski definition) is 6. The SMILES string of the molecule is CC1=C2[C@@H](O)[C@]3(C)[C@@H](C)CC[C@@H](O)[C@@]34C[C@@]23O[C@@H]1C[C@@]3(CO)C(=O)O4. The fraction of sp³-hybridized carbons (Fsp3) is 0.842. The summed E-state index contributed by atoms with van der Waals surface area (Å²) < 4.78 is 12.3. The average Bonchev–Trinajstić information content (AvgIpc) is 3.05. The van der Waals surface area contributed by atoms with Gasteiger partial charge < -0.3 is 24.8 Å². The molecule has 0 radical (unpaired) electrons. The summed E-state index contributed by atoms with van der Waals surface area (Å²) in [6, 6.07) is 0. The van der Waals surface area contributed by atoms with Crippen LogP contribution in [0.25, 0.3) is 0 Å². The molecule has 3 aliphatic heterocycles. The third-order valence-electron chi connectivity index (χ3n) is 8.63. The Bertz CT molecular complexity index is 717. The molecule has 0 unspecified atom stereocenters. The summed E-state index contributed by atoms with van der Waals surface area (Å²) in [4.78, 5) is 13.2. The van der Waals surface area contributed by atoms with Crippen LogP contribution in [0.1, 0.15) is 46.5 Å². The van der Waals surface area contributed by atoms with Crippen molar-refractivity contribution >= 4 is 5.97 Å². The topological polar surface area (TPSA) is 96.2 Å². The molecule has 6 nitrogen and oxygen atoms in total. The molecule has 0 aromatic rings. The Kier molecular flexibility index (Phi) is 2.79. The van der Waals surface area contributed by atoms with Gasteiger partial charge in [0.25, 0.3) is 0 Å². The van der Waals surface area contributed by atoms with E-state index in [9.17, 15) is 20.1 Å². The summed E-state index contributed by atoms with van der Waals surface area (Å²) >= 11 is 0. The lowest BCUT2D eigenvalue weighted by Gasteiger charge is -2.68. The minimum Gasteiger partial charge on any atom is -0.455 e. The normalized spacial score (nSPS) is 59.0. The maximum atomic E-state index is 13.2. The van der Waals surface area contributed by atoms with E-state index >= 15 is 0 Å². The van der Waals surface area contributed by atoms with Crippen LogP contribution in [0.15, 0.2) is 11.1 Å². The van der Waals surface area contributed by atoms with E-state index in [0.717, 1.165) is 17.6 Å². The van der Waals surface area contributed by atoms with Crippen LogP contribution in [0, 0.1) is 16.7 Å². The second kappa shape index (κ2) is 4.30. The molecule has 0 amide bonds. The Morgan fingerprint density at radius 2 is 2.00 bits per heavy atom. The Morgan fingerprint density at radius 3 is 2.68 bits per heavy atom. The van der Waals surface area contributed by atoms with E-state index in [4.69, 9.17) is 9.47 Å². The molecule has 6 heteroatoms. The number of fused-ring (bicyclic) bond motifs is 1. The molecular formula is C19H26O6. The number of carbonyl (C=O) groups is 1. The zero-order chi connectivity index (χ0) is 18.0. The highest BCUT2D eigenvalue weighted by molar-refractivity contribution is 5.84. The highest BCUT2D eigenvalue weighted by Crippen LogP contribution is 2.73. The van der Waals surface area contributed by atoms with E-state index in [1.54, 1.807) is 0 Å². The van der Waals surface area contributed by atoms with Crippen LogP contribution in [0.5, 0.6) is 0 Å². The molecule has 4 fully saturated rings. The van der Waals surface area contributed by atoms with Crippen LogP contribution < -0.4 is 0 Å². The van der Waals surface area contributed by atoms with Crippen molar-refractivity contribution in [3.8, 4) is 0 Å². The standard InChI is InChI=1S/C19H26O6/c1-9-4-5-12(21)18-7-19-13(14(22)16(9,18)3)10(2)11(24-19)6-17(19,8-20)15(23)25-18/h9,11-12,14,20-22H,4-8H2,1-3H3/t9-,11+,12+,14+,16-,17+,18-,19+/m0/s1. The van der Waals surface area contributed by atoms with E-state index < -0.39 is 40.2 Å². The van der Waals surface area contributed by atoms with Gasteiger partial charge >= 0.3 is 5.97 Å². The number of aliphatic hydroxyl groups is 3. The predicted molar refractivity (Wildman–Crippen MR) is 86.4 cm³/mol. The highest BCUT2D eigenvalue weighted by Gasteiger charge is 2.84. The van der Waals surface area contributed by atoms with Crippen molar-refractivity contribution in [2.75, 3.05) is 6.61 Å². The first-order chi connectivity index (χ1) is 11.7. The van der Waals surface area contributed by atoms with Crippen LogP contribution in [-0.4, -0.2) is 57.4 Å². The lowest BCUT2D eigenvalue weighted by Crippen LogP contribution is -2.80. The number of esters is 1. The molecule has 5 aliphatic rings. The van der Waals surface area contributed by atoms with Gasteiger partial charge in [-0.15, -0.1) is 0 Å². The van der Waals surface area contributed by atoms with Crippen LogP contribution >= 0.6 is 0 Å². The van der Waals surface area contributed by atoms with Gasteiger partial charge in [-0.3, -0.25) is 4.79 Å². The van der Waals surface area contributed by atoms with E-state index in [1.807, 2.05) is 13.8 Å². The third kappa shape index (κ3) is 1.32. The van der Waals surface area contributed by atoms with Gasteiger partial charge in [-0.2, -0.15) is 0 Å². The minimum atomic E-state index is -1.18. The molecule has 138 valence electrons. The second-order valence-corrected chi connectivity index (χ2v) is 9.11. The fourth-order valence-corrected chi connectivity index (χ4v) is 6.85. The molecule has 25 heavy (non-hydrogen) atoms. The van der Waals surface area contributed by atoms with Crippen LogP contribution in [0.2, 0.25) is 0 Å². The number of aliphatic hydroxyl groups excluding tert-OH is 3. The van der Waals surface area contributed by atoms with Crippen molar-refractivity contribution in [1.82, 2.24) is 0 Å². The predicted octanol–water partition coefficient (Wildman–Crippen LogP) is 0.680. The Hall–Kier alpha value is -0.950. The summed E-state index contributed by atoms with van der Waals surface area (Å²) in [5.41, 5.74) is -2.44. The van der Waals surface area contributed by atoms with Gasteiger partial charge in [0.05, 0.1) is 24.9 Å². The quantitative estimate of drug-likeness (QED) is 0.475. The zero-order valence-corrected chi connectivity index (χ0v) is 14.9. The number of carbonyl (C=O) groups excluding carboxylic acids is 1. The van der Waals surface area contributed by atoms with Crippen molar-refractivity contribution in [1.29, 1.82) is 0 Å². The van der Waals surface area contributed by atoms with Gasteiger partial charge in [0, 0.05) is 11.8 Å². The molecule has 3 bridgehead atoms. The van der Waals surface area contributed by atoms with E-state index in [0.29, 0.717) is 19.3 Å². The van der Waals surface area contributed by atoms with Crippen molar-refractivity contribution in [2.45, 2.75) is 76.0 Å². The average molecular weight is 350 g/mol. The van der Waals surface area contributed by atoms with Crippen molar-refractivity contribution in [3.05, 3.63) is 11.1 Å². The second-order valence-electron chi connectivity index (χ2n) is 9.11. The molecule has 2 aliphatic carbocycles. The molecule has 5 rings (SSSR count). The van der Waals surface area contributed by atoms with Crippen LogP contribution in [0.4, 0.5) is 0 Å². The minimum absolute atomic E-state index is 0.0807. The summed E-state index contributed by atoms with van der Waals surface area (Å²) in [5, 5.41) is 32.6. The maximum absolute atomic E-state index is 13.2. The van der Waals surface area contributed by atoms with Gasteiger partial charge in [-0.25, -0.2) is 0 Å². The molecule has 2 spiro atoms. The zero-order valence-electron chi connectivity index (χ0n) is 14.9. The molecule has 3 heterocycles. The molecule has 2 saturated carbocycles. The van der Waals surface area contributed by atoms with Crippen molar-refractivity contribution < 1.29 is 29.6 Å². The van der Waals surface area contributed by atoms with E-state index in [1.165, 1.54) is 0 Å². The summed E-state index contributed by atoms with van der Waals surface area (Å²) in [5.74, 6) is -0.405. The number of ether oxygens (including phenoxy) is 2. The first-order valence-electron chi connectivity index (χ1n) is 9.29. The van der Waals surface area contributed by atoms with E-state index in [-0.39, 0.29) is 18.6 Å². The van der Waals surface area contributed by atoms with Gasteiger partial charge in [0.1, 0.15) is 16.6 Å². The van der Waals surface area contributed by atoms with Gasteiger partial charge in [-0.1, -0.05) is 13.8 Å². The van der Waals surface area contributed by atoms with Crippen LogP contribution in [-0.2, 0) is 14.3 Å². The van der Waals surface area contributed by atoms with Crippen molar-refractivity contribution in [2.24, 2.45) is 16.7 Å². The lowest BCUT2D eigenvalue weighted by molar-refractivity contribution is -0.311. The first kappa shape index (κ1) is 16.2. The number of hydrogen-bond donors (Lipinski definition) is 3. The Morgan fingerprint density at radius 1 is 1.28 bits per heavy atom. The monoisotopic (exact) mass is 350 g/mol. The molecule has 0 aromatic carbocycles. The first-order valence-corrected chi connectivity index (χ1v) is 9.29. The van der Waals surface area contributed by atoms with Crippen LogP contribution in [0.3, 0.4) is 0 Å². The summed E-state index contributed by atoms with van der Waals surface area (Å²) in [6.07, 6.45) is -0.00434. The third-order valence-corrected chi connectivity index (χ3v) is 8.63. The molecule has 2 saturated heterocycles. The maximum Gasteiger partial charge on any atom is 0.318 e. The van der Waals surface area contributed by atoms with Gasteiger partial charge in [-0.05, 0) is 43.3 Å². The Labute approximate surface area is 146 Å². The lowest BCUT2D eigenvalue weighted by atomic mass is 9.42.